The average molecular weight is 591 g/mol. The van der Waals surface area contributed by atoms with Crippen LogP contribution >= 0.6 is 46.5 Å². The van der Waals surface area contributed by atoms with E-state index in [1.807, 2.05) is 12.1 Å². The molecule has 1 aliphatic rings. The minimum Gasteiger partial charge on any atom is -0.443 e. The Kier molecular flexibility index (Phi) is 10.4. The maximum atomic E-state index is 12.3. The maximum absolute atomic E-state index is 12.3. The van der Waals surface area contributed by atoms with Crippen LogP contribution in [0.25, 0.3) is 0 Å². The highest BCUT2D eigenvalue weighted by molar-refractivity contribution is 7.99. The lowest BCUT2D eigenvalue weighted by molar-refractivity contribution is -0.126. The van der Waals surface area contributed by atoms with E-state index in [1.54, 1.807) is 36.5 Å². The first-order chi connectivity index (χ1) is 17.4. The van der Waals surface area contributed by atoms with Crippen LogP contribution in [-0.4, -0.2) is 70.0 Å². The summed E-state index contributed by atoms with van der Waals surface area (Å²) in [6, 6.07) is 5.57. The van der Waals surface area contributed by atoms with Crippen molar-refractivity contribution in [2.24, 2.45) is 0 Å². The van der Waals surface area contributed by atoms with Gasteiger partial charge in [-0.25, -0.2) is 15.2 Å². The zero-order valence-corrected chi connectivity index (χ0v) is 24.0. The van der Waals surface area contributed by atoms with Gasteiger partial charge in [-0.15, -0.1) is 11.3 Å². The van der Waals surface area contributed by atoms with Crippen molar-refractivity contribution >= 4 is 64.4 Å². The molecule has 1 aromatic heterocycles. The summed E-state index contributed by atoms with van der Waals surface area (Å²) in [5.41, 5.74) is 4.90. The van der Waals surface area contributed by atoms with Gasteiger partial charge in [0.25, 0.3) is 5.91 Å². The Morgan fingerprint density at radius 2 is 2.03 bits per heavy atom. The standard InChI is InChI=1S/C23H29Cl2N5O5S2/c1-14(31)30(12-16-11-29(7-8-34-16)10-15-5-6-17(24)18(25)9-15)37-22-26-19(13-36-22)20(32)27-28-21(33)35-23(2,3)4/h5-6,9,13,16H,7-8,10-12H2,1-4H3,(H,27,32)(H,28,33)/t16-/m0/s1. The lowest BCUT2D eigenvalue weighted by atomic mass is 10.2. The summed E-state index contributed by atoms with van der Waals surface area (Å²) < 4.78 is 13.0. The quantitative estimate of drug-likeness (QED) is 0.361. The fourth-order valence-corrected chi connectivity index (χ4v) is 5.45. The SMILES string of the molecule is CC(=O)N(C[C@@H]1CN(Cc2ccc(Cl)c(Cl)c2)CCO1)Sc1nc(C(=O)NNC(=O)OC(C)(C)C)cs1. The zero-order chi connectivity index (χ0) is 27.2. The molecule has 1 fully saturated rings. The number of hydrogen-bond acceptors (Lipinski definition) is 9. The number of nitrogens with zero attached hydrogens (tertiary/aromatic N) is 3. The van der Waals surface area contributed by atoms with Crippen LogP contribution in [-0.2, 0) is 20.8 Å². The number of morpholine rings is 1. The summed E-state index contributed by atoms with van der Waals surface area (Å²) in [6.07, 6.45) is -0.984. The van der Waals surface area contributed by atoms with Crippen molar-refractivity contribution in [1.29, 1.82) is 0 Å². The summed E-state index contributed by atoms with van der Waals surface area (Å²) in [7, 11) is 0. The first-order valence-corrected chi connectivity index (χ1v) is 13.8. The fraction of sp³-hybridized carbons (Fsp3) is 0.478. The molecule has 3 amide bonds. The molecule has 0 radical (unpaired) electrons. The van der Waals surface area contributed by atoms with Crippen molar-refractivity contribution in [3.05, 3.63) is 44.9 Å². The molecule has 1 saturated heterocycles. The van der Waals surface area contributed by atoms with Crippen LogP contribution in [0.3, 0.4) is 0 Å². The van der Waals surface area contributed by atoms with Crippen LogP contribution in [0.2, 0.25) is 10.0 Å². The lowest BCUT2D eigenvalue weighted by Crippen LogP contribution is -2.46. The molecule has 2 heterocycles. The number of nitrogens with one attached hydrogen (secondary N) is 2. The predicted octanol–water partition coefficient (Wildman–Crippen LogP) is 4.38. The molecule has 0 spiro atoms. The fourth-order valence-electron chi connectivity index (χ4n) is 3.32. The number of rotatable bonds is 7. The maximum Gasteiger partial charge on any atom is 0.426 e. The monoisotopic (exact) mass is 589 g/mol. The van der Waals surface area contributed by atoms with Gasteiger partial charge in [0.1, 0.15) is 11.3 Å². The highest BCUT2D eigenvalue weighted by Crippen LogP contribution is 2.28. The second-order valence-corrected chi connectivity index (χ2v) is 12.2. The smallest absolute Gasteiger partial charge is 0.426 e. The first-order valence-electron chi connectivity index (χ1n) is 11.4. The molecule has 0 unspecified atom stereocenters. The topological polar surface area (TPSA) is 113 Å². The van der Waals surface area contributed by atoms with E-state index in [-0.39, 0.29) is 17.7 Å². The van der Waals surface area contributed by atoms with E-state index >= 15 is 0 Å². The molecule has 1 aromatic carbocycles. The van der Waals surface area contributed by atoms with E-state index in [4.69, 9.17) is 32.7 Å². The van der Waals surface area contributed by atoms with Crippen molar-refractivity contribution in [1.82, 2.24) is 25.0 Å². The Morgan fingerprint density at radius 1 is 1.27 bits per heavy atom. The molecule has 37 heavy (non-hydrogen) atoms. The summed E-state index contributed by atoms with van der Waals surface area (Å²) in [4.78, 5) is 42.9. The molecule has 10 nitrogen and oxygen atoms in total. The Morgan fingerprint density at radius 3 is 2.70 bits per heavy atom. The summed E-state index contributed by atoms with van der Waals surface area (Å²) in [5, 5.41) is 2.57. The molecule has 0 saturated carbocycles. The number of halogens is 2. The van der Waals surface area contributed by atoms with E-state index < -0.39 is 17.6 Å². The summed E-state index contributed by atoms with van der Waals surface area (Å²) in [5.74, 6) is -0.764. The highest BCUT2D eigenvalue weighted by atomic mass is 35.5. The van der Waals surface area contributed by atoms with Crippen molar-refractivity contribution in [2.45, 2.75) is 50.3 Å². The van der Waals surface area contributed by atoms with Crippen LogP contribution in [0.1, 0.15) is 43.7 Å². The molecule has 14 heteroatoms. The Balaban J connectivity index is 1.53. The third kappa shape index (κ3) is 9.62. The summed E-state index contributed by atoms with van der Waals surface area (Å²) >= 11 is 14.5. The Labute approximate surface area is 234 Å². The number of aromatic nitrogens is 1. The van der Waals surface area contributed by atoms with Crippen LogP contribution in [0, 0.1) is 0 Å². The van der Waals surface area contributed by atoms with Gasteiger partial charge in [0.15, 0.2) is 4.34 Å². The highest BCUT2D eigenvalue weighted by Gasteiger charge is 2.26. The predicted molar refractivity (Wildman–Crippen MR) is 144 cm³/mol. The van der Waals surface area contributed by atoms with Crippen molar-refractivity contribution in [2.75, 3.05) is 26.2 Å². The van der Waals surface area contributed by atoms with Gasteiger partial charge >= 0.3 is 6.09 Å². The molecule has 0 aliphatic carbocycles. The minimum atomic E-state index is -0.783. The Hall–Kier alpha value is -2.09. The van der Waals surface area contributed by atoms with Crippen molar-refractivity contribution < 1.29 is 23.9 Å². The number of carbonyl (C=O) groups excluding carboxylic acids is 3. The number of thiazole rings is 1. The molecule has 1 aliphatic heterocycles. The number of amides is 3. The molecular weight excluding hydrogens is 561 g/mol. The van der Waals surface area contributed by atoms with Gasteiger partial charge in [0.2, 0.25) is 5.91 Å². The van der Waals surface area contributed by atoms with Gasteiger partial charge in [0, 0.05) is 43.9 Å². The Bertz CT molecular complexity index is 1130. The van der Waals surface area contributed by atoms with Gasteiger partial charge < -0.3 is 9.47 Å². The molecule has 3 rings (SSSR count). The molecule has 0 bridgehead atoms. The van der Waals surface area contributed by atoms with Crippen molar-refractivity contribution in [3.63, 3.8) is 0 Å². The van der Waals surface area contributed by atoms with E-state index in [2.05, 4.69) is 20.7 Å². The molecule has 2 aromatic rings. The van der Waals surface area contributed by atoms with E-state index in [1.165, 1.54) is 18.3 Å². The van der Waals surface area contributed by atoms with Gasteiger partial charge in [-0.2, -0.15) is 0 Å². The van der Waals surface area contributed by atoms with Crippen LogP contribution < -0.4 is 10.9 Å². The van der Waals surface area contributed by atoms with Gasteiger partial charge in [-0.1, -0.05) is 29.3 Å². The van der Waals surface area contributed by atoms with Crippen LogP contribution in [0.5, 0.6) is 0 Å². The summed E-state index contributed by atoms with van der Waals surface area (Å²) in [6.45, 7) is 9.56. The molecular formula is C23H29Cl2N5O5S2. The third-order valence-corrected chi connectivity index (χ3v) is 7.67. The number of benzene rings is 1. The van der Waals surface area contributed by atoms with E-state index in [0.29, 0.717) is 40.6 Å². The van der Waals surface area contributed by atoms with E-state index in [0.717, 1.165) is 24.1 Å². The largest absolute Gasteiger partial charge is 0.443 e. The number of hydrogen-bond donors (Lipinski definition) is 2. The normalized spacial score (nSPS) is 16.2. The van der Waals surface area contributed by atoms with Crippen LogP contribution in [0.4, 0.5) is 4.79 Å². The van der Waals surface area contributed by atoms with Crippen LogP contribution in [0.15, 0.2) is 27.9 Å². The lowest BCUT2D eigenvalue weighted by Gasteiger charge is -2.35. The van der Waals surface area contributed by atoms with Gasteiger partial charge in [-0.05, 0) is 38.5 Å². The van der Waals surface area contributed by atoms with Crippen molar-refractivity contribution in [3.8, 4) is 0 Å². The number of hydrazine groups is 1. The second kappa shape index (κ2) is 13.1. The molecule has 202 valence electrons. The van der Waals surface area contributed by atoms with E-state index in [9.17, 15) is 14.4 Å². The second-order valence-electron chi connectivity index (χ2n) is 9.23. The average Bonchev–Trinajstić information content (AvgIpc) is 3.27. The zero-order valence-electron chi connectivity index (χ0n) is 20.9. The minimum absolute atomic E-state index is 0.105. The third-order valence-electron chi connectivity index (χ3n) is 4.91. The molecule has 1 atom stereocenters. The van der Waals surface area contributed by atoms with Gasteiger partial charge in [0.05, 0.1) is 29.3 Å². The number of carbonyl (C=O) groups is 3. The van der Waals surface area contributed by atoms with Gasteiger partial charge in [-0.3, -0.25) is 24.2 Å². The number of ether oxygens (including phenoxy) is 2. The molecule has 2 N–H and O–H groups in total. The first kappa shape index (κ1) is 29.5.